The van der Waals surface area contributed by atoms with Crippen LogP contribution in [0.4, 0.5) is 0 Å². The smallest absolute Gasteiger partial charge is 0.253 e. The summed E-state index contributed by atoms with van der Waals surface area (Å²) in [6, 6.07) is 14.0. The molecule has 324 valence electrons. The van der Waals surface area contributed by atoms with Gasteiger partial charge in [-0.25, -0.2) is 0 Å². The summed E-state index contributed by atoms with van der Waals surface area (Å²) < 4.78 is 0. The Morgan fingerprint density at radius 3 is 1.23 bits per heavy atom. The van der Waals surface area contributed by atoms with E-state index in [4.69, 9.17) is 0 Å². The molecular formula is C49H70N8O3. The Labute approximate surface area is 359 Å². The third kappa shape index (κ3) is 8.73. The Bertz CT molecular complexity index is 1720. The number of carbonyl (C=O) groups excluding carboxylic acids is 3. The maximum Gasteiger partial charge on any atom is 0.253 e. The van der Waals surface area contributed by atoms with Gasteiger partial charge in [0.2, 0.25) is 0 Å². The van der Waals surface area contributed by atoms with Crippen LogP contribution in [0.25, 0.3) is 0 Å². The molecule has 2 aromatic carbocycles. The first kappa shape index (κ1) is 40.9. The molecule has 60 heavy (non-hydrogen) atoms. The average molecular weight is 819 g/mol. The summed E-state index contributed by atoms with van der Waals surface area (Å²) in [5.74, 6) is 0.774. The second-order valence-electron chi connectivity index (χ2n) is 19.7. The maximum absolute atomic E-state index is 15.7. The standard InChI is InChI=1S/C49H70N8O3/c58-47(45(54-27-23-52(24-28-54)43-7-5-8-43)35-50-21-15-37-31-39(11-13-41(37)33-50)48(59)56-17-1-2-18-56)46(55-29-25-53(26-30-55)44-9-6-10-44)36-51-22-16-38-32-40(12-14-42(38)34-51)49(60)57-19-3-4-20-57/h11-14,31-32,43-46H,1-10,15-30,33-36H2. The van der Waals surface area contributed by atoms with Crippen LogP contribution >= 0.6 is 0 Å². The third-order valence-corrected chi connectivity index (χ3v) is 16.2. The van der Waals surface area contributed by atoms with Gasteiger partial charge in [0.1, 0.15) is 0 Å². The molecule has 2 atom stereocenters. The summed E-state index contributed by atoms with van der Waals surface area (Å²) in [5, 5.41) is 0. The summed E-state index contributed by atoms with van der Waals surface area (Å²) in [7, 11) is 0. The Morgan fingerprint density at radius 2 is 0.867 bits per heavy atom. The summed E-state index contributed by atoms with van der Waals surface area (Å²) in [6.45, 7) is 16.5. The number of carbonyl (C=O) groups is 3. The molecule has 2 unspecified atom stereocenters. The molecule has 0 radical (unpaired) electrons. The minimum absolute atomic E-state index is 0.156. The number of hydrogen-bond acceptors (Lipinski definition) is 9. The first-order valence-corrected chi connectivity index (χ1v) is 24.2. The zero-order valence-corrected chi connectivity index (χ0v) is 36.3. The van der Waals surface area contributed by atoms with Crippen molar-refractivity contribution in [2.75, 3.05) is 105 Å². The summed E-state index contributed by atoms with van der Waals surface area (Å²) >= 11 is 0. The Morgan fingerprint density at radius 1 is 0.467 bits per heavy atom. The van der Waals surface area contributed by atoms with Crippen molar-refractivity contribution in [2.24, 2.45) is 0 Å². The van der Waals surface area contributed by atoms with Gasteiger partial charge in [0.05, 0.1) is 12.1 Å². The summed E-state index contributed by atoms with van der Waals surface area (Å²) in [4.78, 5) is 61.9. The minimum Gasteiger partial charge on any atom is -0.339 e. The molecule has 2 saturated carbocycles. The SMILES string of the molecule is O=C(C(CN1CCc2cc(C(=O)N3CCCC3)ccc2C1)N1CCN(C2CCC2)CC1)C(CN1CCc2cc(C(=O)N3CCCC3)ccc2C1)N1CCN(C2CCC2)CC1. The van der Waals surface area contributed by atoms with Crippen LogP contribution in [-0.2, 0) is 30.7 Å². The van der Waals surface area contributed by atoms with E-state index in [0.29, 0.717) is 5.78 Å². The van der Waals surface area contributed by atoms with Gasteiger partial charge in [-0.3, -0.25) is 43.8 Å². The van der Waals surface area contributed by atoms with Crippen molar-refractivity contribution < 1.29 is 14.4 Å². The number of nitrogens with zero attached hydrogens (tertiary/aromatic N) is 8. The second kappa shape index (κ2) is 18.3. The first-order valence-electron chi connectivity index (χ1n) is 24.2. The van der Waals surface area contributed by atoms with Crippen molar-refractivity contribution in [1.82, 2.24) is 39.2 Å². The lowest BCUT2D eigenvalue weighted by Crippen LogP contribution is -2.64. The number of ketones is 1. The molecule has 0 aromatic heterocycles. The van der Waals surface area contributed by atoms with E-state index in [1.165, 1.54) is 60.8 Å². The highest BCUT2D eigenvalue weighted by atomic mass is 16.2. The van der Waals surface area contributed by atoms with Gasteiger partial charge in [0.15, 0.2) is 5.78 Å². The van der Waals surface area contributed by atoms with Crippen molar-refractivity contribution >= 4 is 17.6 Å². The van der Waals surface area contributed by atoms with Crippen LogP contribution in [0.2, 0.25) is 0 Å². The quantitative estimate of drug-likeness (QED) is 0.313. The van der Waals surface area contributed by atoms with E-state index in [1.807, 2.05) is 21.9 Å². The van der Waals surface area contributed by atoms with Gasteiger partial charge in [0.25, 0.3) is 11.8 Å². The number of amides is 2. The van der Waals surface area contributed by atoms with E-state index in [1.54, 1.807) is 0 Å². The maximum atomic E-state index is 15.7. The Balaban J connectivity index is 0.875. The number of Topliss-reactive ketones (excluding diaryl/α,β-unsaturated/α-hetero) is 1. The number of fused-ring (bicyclic) bond motifs is 2. The third-order valence-electron chi connectivity index (χ3n) is 16.2. The highest BCUT2D eigenvalue weighted by molar-refractivity contribution is 5.95. The van der Waals surface area contributed by atoms with Crippen molar-refractivity contribution in [3.05, 3.63) is 69.8 Å². The van der Waals surface area contributed by atoms with Crippen molar-refractivity contribution in [2.45, 2.75) is 114 Å². The Hall–Kier alpha value is -3.19. The normalized spacial score (nSPS) is 25.4. The highest BCUT2D eigenvalue weighted by Gasteiger charge is 2.41. The zero-order valence-electron chi connectivity index (χ0n) is 36.3. The largest absolute Gasteiger partial charge is 0.339 e. The lowest BCUT2D eigenvalue weighted by molar-refractivity contribution is -0.133. The van der Waals surface area contributed by atoms with Crippen molar-refractivity contribution in [3.63, 3.8) is 0 Å². The van der Waals surface area contributed by atoms with Crippen LogP contribution in [0.15, 0.2) is 36.4 Å². The van der Waals surface area contributed by atoms with Gasteiger partial charge in [-0.2, -0.15) is 0 Å². The number of benzene rings is 2. The van der Waals surface area contributed by atoms with E-state index >= 15 is 4.79 Å². The monoisotopic (exact) mass is 819 g/mol. The molecule has 10 rings (SSSR count). The molecule has 2 aliphatic carbocycles. The molecule has 6 fully saturated rings. The molecule has 2 aromatic rings. The molecule has 0 N–H and O–H groups in total. The van der Waals surface area contributed by atoms with Gasteiger partial charge >= 0.3 is 0 Å². The van der Waals surface area contributed by atoms with Gasteiger partial charge in [-0.1, -0.05) is 25.0 Å². The second-order valence-corrected chi connectivity index (χ2v) is 19.7. The molecule has 2 amide bonds. The van der Waals surface area contributed by atoms with Crippen molar-refractivity contribution in [3.8, 4) is 0 Å². The van der Waals surface area contributed by atoms with Crippen LogP contribution in [0, 0.1) is 0 Å². The van der Waals surface area contributed by atoms with E-state index < -0.39 is 0 Å². The number of hydrogen-bond donors (Lipinski definition) is 0. The van der Waals surface area contributed by atoms with Crippen LogP contribution < -0.4 is 0 Å². The van der Waals surface area contributed by atoms with Crippen molar-refractivity contribution in [1.29, 1.82) is 0 Å². The van der Waals surface area contributed by atoms with E-state index in [-0.39, 0.29) is 23.9 Å². The number of piperazine rings is 2. The fourth-order valence-corrected chi connectivity index (χ4v) is 11.8. The van der Waals surface area contributed by atoms with Crippen LogP contribution in [0.5, 0.6) is 0 Å². The number of rotatable bonds is 12. The molecule has 0 bridgehead atoms. The topological polar surface area (TPSA) is 77.1 Å². The molecule has 11 heteroatoms. The Kier molecular flexibility index (Phi) is 12.4. The molecule has 6 heterocycles. The molecule has 6 aliphatic heterocycles. The molecule has 8 aliphatic rings. The summed E-state index contributed by atoms with van der Waals surface area (Å²) in [5.41, 5.74) is 6.88. The van der Waals surface area contributed by atoms with E-state index in [0.717, 1.165) is 180 Å². The molecule has 0 spiro atoms. The highest BCUT2D eigenvalue weighted by Crippen LogP contribution is 2.30. The van der Waals surface area contributed by atoms with Crippen LogP contribution in [0.1, 0.15) is 107 Å². The van der Waals surface area contributed by atoms with Gasteiger partial charge < -0.3 is 9.80 Å². The predicted octanol–water partition coefficient (Wildman–Crippen LogP) is 4.22. The number of likely N-dealkylation sites (tertiary alicyclic amines) is 2. The van der Waals surface area contributed by atoms with Gasteiger partial charge in [-0.15, -0.1) is 0 Å². The predicted molar refractivity (Wildman–Crippen MR) is 235 cm³/mol. The molecule has 11 nitrogen and oxygen atoms in total. The first-order chi connectivity index (χ1) is 29.4. The fourth-order valence-electron chi connectivity index (χ4n) is 11.8. The average Bonchev–Trinajstić information content (AvgIpc) is 4.00. The lowest BCUT2D eigenvalue weighted by atomic mass is 9.90. The molecule has 4 saturated heterocycles. The van der Waals surface area contributed by atoms with Crippen LogP contribution in [0.3, 0.4) is 0 Å². The zero-order chi connectivity index (χ0) is 40.6. The van der Waals surface area contributed by atoms with Gasteiger partial charge in [-0.05, 0) is 111 Å². The van der Waals surface area contributed by atoms with E-state index in [2.05, 4.69) is 53.7 Å². The van der Waals surface area contributed by atoms with Crippen LogP contribution in [-0.4, -0.2) is 186 Å². The lowest BCUT2D eigenvalue weighted by Gasteiger charge is -2.48. The summed E-state index contributed by atoms with van der Waals surface area (Å²) in [6.07, 6.45) is 14.2. The fraction of sp³-hybridized carbons (Fsp3) is 0.694. The van der Waals surface area contributed by atoms with E-state index in [9.17, 15) is 9.59 Å². The molecular weight excluding hydrogens is 749 g/mol. The minimum atomic E-state index is -0.156. The van der Waals surface area contributed by atoms with Gasteiger partial charge in [0, 0.05) is 141 Å².